The Hall–Kier alpha value is -2.08. The highest BCUT2D eigenvalue weighted by Gasteiger charge is 2.04. The second kappa shape index (κ2) is 7.08. The lowest BCUT2D eigenvalue weighted by Gasteiger charge is -2.10. The summed E-state index contributed by atoms with van der Waals surface area (Å²) in [6, 6.07) is 11.3. The second-order valence-electron chi connectivity index (χ2n) is 4.82. The maximum absolute atomic E-state index is 11.6. The van der Waals surface area contributed by atoms with Crippen molar-refractivity contribution < 1.29 is 4.79 Å². The van der Waals surface area contributed by atoms with Crippen molar-refractivity contribution in [2.75, 3.05) is 10.6 Å². The van der Waals surface area contributed by atoms with E-state index >= 15 is 0 Å². The van der Waals surface area contributed by atoms with Gasteiger partial charge in [-0.3, -0.25) is 0 Å². The highest BCUT2D eigenvalue weighted by atomic mass is 79.9. The van der Waals surface area contributed by atoms with E-state index in [9.17, 15) is 4.79 Å². The molecule has 0 aliphatic heterocycles. The summed E-state index contributed by atoms with van der Waals surface area (Å²) in [6.07, 6.45) is 1.61. The largest absolute Gasteiger partial charge is 0.340 e. The lowest BCUT2D eigenvalue weighted by Crippen LogP contribution is -2.34. The molecule has 0 aliphatic rings. The van der Waals surface area contributed by atoms with Crippen LogP contribution in [0.2, 0.25) is 0 Å². The number of benzene rings is 1. The van der Waals surface area contributed by atoms with Crippen molar-refractivity contribution in [3.8, 4) is 0 Å². The lowest BCUT2D eigenvalue weighted by molar-refractivity contribution is 0.250. The smallest absolute Gasteiger partial charge is 0.319 e. The zero-order valence-electron chi connectivity index (χ0n) is 11.9. The number of aromatic nitrogens is 1. The topological polar surface area (TPSA) is 66.1 Å². The molecular weight excluding hydrogens is 332 g/mol. The monoisotopic (exact) mass is 348 g/mol. The minimum absolute atomic E-state index is 0.0930. The van der Waals surface area contributed by atoms with Gasteiger partial charge >= 0.3 is 6.03 Å². The van der Waals surface area contributed by atoms with Crippen molar-refractivity contribution >= 4 is 39.2 Å². The van der Waals surface area contributed by atoms with Crippen LogP contribution in [-0.2, 0) is 0 Å². The number of carbonyl (C=O) groups excluding carboxylic acids is 1. The van der Waals surface area contributed by atoms with Gasteiger partial charge in [-0.15, -0.1) is 0 Å². The number of carbonyl (C=O) groups is 1. The third-order valence-electron chi connectivity index (χ3n) is 2.54. The van der Waals surface area contributed by atoms with Crippen molar-refractivity contribution in [3.05, 3.63) is 47.1 Å². The normalized spacial score (nSPS) is 10.3. The summed E-state index contributed by atoms with van der Waals surface area (Å²) >= 11 is 3.42. The van der Waals surface area contributed by atoms with Crippen LogP contribution in [0.4, 0.5) is 22.0 Å². The number of hydrogen-bond acceptors (Lipinski definition) is 3. The maximum atomic E-state index is 11.6. The van der Waals surface area contributed by atoms with Crippen molar-refractivity contribution in [1.82, 2.24) is 10.3 Å². The third-order valence-corrected chi connectivity index (χ3v) is 3.03. The molecule has 21 heavy (non-hydrogen) atoms. The molecule has 1 heterocycles. The van der Waals surface area contributed by atoms with E-state index in [0.29, 0.717) is 11.5 Å². The standard InChI is InChI=1S/C15H17BrN4O/c1-10(2)18-15(21)20-13-6-7-14(17-9-13)19-12-5-3-4-11(16)8-12/h3-10H,1-2H3,(H,17,19)(H2,18,20,21). The molecule has 0 atom stereocenters. The quantitative estimate of drug-likeness (QED) is 0.778. The minimum Gasteiger partial charge on any atom is -0.340 e. The fourth-order valence-corrected chi connectivity index (χ4v) is 2.08. The molecule has 0 saturated heterocycles. The molecule has 0 unspecified atom stereocenters. The summed E-state index contributed by atoms with van der Waals surface area (Å²) in [6.45, 7) is 3.81. The highest BCUT2D eigenvalue weighted by molar-refractivity contribution is 9.10. The van der Waals surface area contributed by atoms with E-state index < -0.39 is 0 Å². The van der Waals surface area contributed by atoms with Crippen molar-refractivity contribution in [1.29, 1.82) is 0 Å². The molecule has 3 N–H and O–H groups in total. The summed E-state index contributed by atoms with van der Waals surface area (Å²) in [5.41, 5.74) is 1.59. The van der Waals surface area contributed by atoms with Gasteiger partial charge in [-0.2, -0.15) is 0 Å². The van der Waals surface area contributed by atoms with Gasteiger partial charge in [0.1, 0.15) is 5.82 Å². The van der Waals surface area contributed by atoms with E-state index in [1.807, 2.05) is 44.2 Å². The molecule has 110 valence electrons. The molecule has 0 spiro atoms. The molecule has 0 bridgehead atoms. The van der Waals surface area contributed by atoms with E-state index in [1.54, 1.807) is 12.3 Å². The minimum atomic E-state index is -0.237. The van der Waals surface area contributed by atoms with Gasteiger partial charge in [-0.1, -0.05) is 22.0 Å². The molecule has 0 radical (unpaired) electrons. The summed E-state index contributed by atoms with van der Waals surface area (Å²) in [4.78, 5) is 15.8. The zero-order chi connectivity index (χ0) is 15.2. The molecule has 0 saturated carbocycles. The number of urea groups is 1. The van der Waals surface area contributed by atoms with Crippen LogP contribution in [0.3, 0.4) is 0 Å². The summed E-state index contributed by atoms with van der Waals surface area (Å²) in [7, 11) is 0. The first-order valence-corrected chi connectivity index (χ1v) is 7.38. The number of nitrogens with one attached hydrogen (secondary N) is 3. The highest BCUT2D eigenvalue weighted by Crippen LogP contribution is 2.19. The SMILES string of the molecule is CC(C)NC(=O)Nc1ccc(Nc2cccc(Br)c2)nc1. The molecule has 0 aliphatic carbocycles. The van der Waals surface area contributed by atoms with Crippen LogP contribution in [-0.4, -0.2) is 17.1 Å². The Morgan fingerprint density at radius 3 is 2.62 bits per heavy atom. The number of hydrogen-bond donors (Lipinski definition) is 3. The fraction of sp³-hybridized carbons (Fsp3) is 0.200. The zero-order valence-corrected chi connectivity index (χ0v) is 13.4. The first-order valence-electron chi connectivity index (χ1n) is 6.59. The van der Waals surface area contributed by atoms with Crippen LogP contribution in [0.1, 0.15) is 13.8 Å². The fourth-order valence-electron chi connectivity index (χ4n) is 1.69. The summed E-state index contributed by atoms with van der Waals surface area (Å²) < 4.78 is 0.996. The van der Waals surface area contributed by atoms with Crippen molar-refractivity contribution in [2.24, 2.45) is 0 Å². The molecule has 1 aromatic heterocycles. The van der Waals surface area contributed by atoms with Crippen LogP contribution < -0.4 is 16.0 Å². The first kappa shape index (κ1) is 15.3. The van der Waals surface area contributed by atoms with Crippen LogP contribution in [0.25, 0.3) is 0 Å². The van der Waals surface area contributed by atoms with Crippen molar-refractivity contribution in [3.63, 3.8) is 0 Å². The number of anilines is 3. The van der Waals surface area contributed by atoms with E-state index in [1.165, 1.54) is 0 Å². The molecule has 1 aromatic carbocycles. The van der Waals surface area contributed by atoms with Gasteiger partial charge in [0.2, 0.25) is 0 Å². The molecule has 2 amide bonds. The molecule has 6 heteroatoms. The van der Waals surface area contributed by atoms with Crippen molar-refractivity contribution in [2.45, 2.75) is 19.9 Å². The number of amides is 2. The van der Waals surface area contributed by atoms with Crippen LogP contribution in [0.5, 0.6) is 0 Å². The Kier molecular flexibility index (Phi) is 5.16. The maximum Gasteiger partial charge on any atom is 0.319 e. The van der Waals surface area contributed by atoms with Gasteiger partial charge in [-0.05, 0) is 44.2 Å². The Labute approximate surface area is 132 Å². The van der Waals surface area contributed by atoms with E-state index in [0.717, 1.165) is 10.2 Å². The number of nitrogens with zero attached hydrogens (tertiary/aromatic N) is 1. The Morgan fingerprint density at radius 1 is 1.19 bits per heavy atom. The van der Waals surface area contributed by atoms with Gasteiger partial charge in [-0.25, -0.2) is 9.78 Å². The Bertz CT molecular complexity index is 613. The second-order valence-corrected chi connectivity index (χ2v) is 5.74. The molecule has 0 fully saturated rings. The van der Waals surface area contributed by atoms with Gasteiger partial charge in [0, 0.05) is 16.2 Å². The average Bonchev–Trinajstić information content (AvgIpc) is 2.40. The molecular formula is C15H17BrN4O. The van der Waals surface area contributed by atoms with Crippen LogP contribution >= 0.6 is 15.9 Å². The van der Waals surface area contributed by atoms with E-state index in [-0.39, 0.29) is 12.1 Å². The third kappa shape index (κ3) is 5.07. The van der Waals surface area contributed by atoms with Gasteiger partial charge in [0.05, 0.1) is 11.9 Å². The number of halogens is 1. The van der Waals surface area contributed by atoms with E-state index in [4.69, 9.17) is 0 Å². The molecule has 2 rings (SSSR count). The lowest BCUT2D eigenvalue weighted by atomic mass is 10.3. The Balaban J connectivity index is 1.97. The Morgan fingerprint density at radius 2 is 2.00 bits per heavy atom. The number of rotatable bonds is 4. The van der Waals surface area contributed by atoms with Crippen LogP contribution in [0.15, 0.2) is 47.1 Å². The first-order chi connectivity index (χ1) is 10.0. The summed E-state index contributed by atoms with van der Waals surface area (Å²) in [5.74, 6) is 0.711. The number of pyridine rings is 1. The summed E-state index contributed by atoms with van der Waals surface area (Å²) in [5, 5.41) is 8.67. The average molecular weight is 349 g/mol. The molecule has 5 nitrogen and oxygen atoms in total. The van der Waals surface area contributed by atoms with Crippen LogP contribution in [0, 0.1) is 0 Å². The van der Waals surface area contributed by atoms with Gasteiger partial charge < -0.3 is 16.0 Å². The van der Waals surface area contributed by atoms with Gasteiger partial charge in [0.15, 0.2) is 0 Å². The van der Waals surface area contributed by atoms with Gasteiger partial charge in [0.25, 0.3) is 0 Å². The van der Waals surface area contributed by atoms with E-state index in [2.05, 4.69) is 36.9 Å². The molecule has 2 aromatic rings. The predicted octanol–water partition coefficient (Wildman–Crippen LogP) is 4.12. The predicted molar refractivity (Wildman–Crippen MR) is 89.0 cm³/mol.